The molecule has 0 aromatic rings. The number of esters is 1. The van der Waals surface area contributed by atoms with Gasteiger partial charge in [-0.2, -0.15) is 0 Å². The van der Waals surface area contributed by atoms with E-state index in [4.69, 9.17) is 4.74 Å². The minimum Gasteiger partial charge on any atom is -0.465 e. The van der Waals surface area contributed by atoms with Gasteiger partial charge in [0.15, 0.2) is 0 Å². The van der Waals surface area contributed by atoms with Crippen molar-refractivity contribution in [3.63, 3.8) is 0 Å². The van der Waals surface area contributed by atoms with Crippen LogP contribution in [0.4, 0.5) is 0 Å². The quantitative estimate of drug-likeness (QED) is 0.256. The molecule has 0 aromatic carbocycles. The lowest BCUT2D eigenvalue weighted by Crippen LogP contribution is -2.60. The highest BCUT2D eigenvalue weighted by Gasteiger charge is 2.77. The summed E-state index contributed by atoms with van der Waals surface area (Å²) in [6.45, 7) is 12.1. The monoisotopic (exact) mass is 518 g/mol. The van der Waals surface area contributed by atoms with Crippen LogP contribution in [0, 0.1) is 17.8 Å². The van der Waals surface area contributed by atoms with Crippen LogP contribution in [0.1, 0.15) is 65.2 Å². The van der Waals surface area contributed by atoms with Crippen LogP contribution in [0.3, 0.4) is 0 Å². The fraction of sp³-hybridized carbons (Fsp3) is 0.750. The fourth-order valence-electron chi connectivity index (χ4n) is 7.26. The van der Waals surface area contributed by atoms with E-state index < -0.39 is 28.7 Å². The van der Waals surface area contributed by atoms with Gasteiger partial charge in [-0.05, 0) is 38.0 Å². The van der Waals surface area contributed by atoms with Crippen LogP contribution in [0.25, 0.3) is 0 Å². The van der Waals surface area contributed by atoms with Crippen molar-refractivity contribution in [1.82, 2.24) is 9.80 Å². The van der Waals surface area contributed by atoms with Gasteiger partial charge in [-0.25, -0.2) is 0 Å². The maximum absolute atomic E-state index is 14.5. The molecular weight excluding hydrogens is 476 g/mol. The van der Waals surface area contributed by atoms with Gasteiger partial charge in [0.25, 0.3) is 0 Å². The Labute approximate surface area is 219 Å². The fourth-order valence-corrected chi connectivity index (χ4v) is 9.65. The Hall–Kier alpha value is -1.80. The van der Waals surface area contributed by atoms with E-state index in [1.807, 2.05) is 11.8 Å². The molecule has 1 spiro atoms. The summed E-state index contributed by atoms with van der Waals surface area (Å²) in [5.41, 5.74) is 0. The van der Waals surface area contributed by atoms with Gasteiger partial charge < -0.3 is 19.6 Å². The molecule has 3 saturated heterocycles. The van der Waals surface area contributed by atoms with Crippen LogP contribution in [0.2, 0.25) is 0 Å². The summed E-state index contributed by atoms with van der Waals surface area (Å²) in [4.78, 5) is 45.6. The molecule has 3 aliphatic heterocycles. The largest absolute Gasteiger partial charge is 0.465 e. The number of carbonyl (C=O) groups excluding carboxylic acids is 3. The van der Waals surface area contributed by atoms with Crippen molar-refractivity contribution < 1.29 is 24.2 Å². The molecule has 0 radical (unpaired) electrons. The van der Waals surface area contributed by atoms with E-state index in [1.165, 1.54) is 6.42 Å². The number of hydrogen-bond donors (Lipinski definition) is 1. The molecule has 36 heavy (non-hydrogen) atoms. The number of ether oxygens (including phenoxy) is 1. The maximum Gasteiger partial charge on any atom is 0.310 e. The summed E-state index contributed by atoms with van der Waals surface area (Å²) in [6, 6.07) is -1.04. The van der Waals surface area contributed by atoms with E-state index in [2.05, 4.69) is 20.1 Å². The zero-order valence-corrected chi connectivity index (χ0v) is 22.6. The van der Waals surface area contributed by atoms with Crippen molar-refractivity contribution in [2.24, 2.45) is 17.8 Å². The van der Waals surface area contributed by atoms with Crippen LogP contribution >= 0.6 is 11.8 Å². The second-order valence-electron chi connectivity index (χ2n) is 10.9. The van der Waals surface area contributed by atoms with Gasteiger partial charge in [-0.15, -0.1) is 24.9 Å². The average molecular weight is 519 g/mol. The smallest absolute Gasteiger partial charge is 0.310 e. The summed E-state index contributed by atoms with van der Waals surface area (Å²) in [7, 11) is 0. The van der Waals surface area contributed by atoms with Crippen molar-refractivity contribution >= 4 is 29.5 Å². The Morgan fingerprint density at radius 1 is 1.28 bits per heavy atom. The molecule has 200 valence electrons. The van der Waals surface area contributed by atoms with E-state index in [9.17, 15) is 19.5 Å². The van der Waals surface area contributed by atoms with E-state index in [0.717, 1.165) is 32.1 Å². The summed E-state index contributed by atoms with van der Waals surface area (Å²) in [5.74, 6) is -1.66. The van der Waals surface area contributed by atoms with Crippen molar-refractivity contribution in [2.45, 2.75) is 93.3 Å². The van der Waals surface area contributed by atoms with Crippen molar-refractivity contribution in [1.29, 1.82) is 0 Å². The number of fused-ring (bicyclic) bond motifs is 1. The van der Waals surface area contributed by atoms with Crippen LogP contribution in [-0.4, -0.2) is 80.6 Å². The van der Waals surface area contributed by atoms with Gasteiger partial charge in [0.05, 0.1) is 35.8 Å². The molecule has 4 rings (SSSR count). The Bertz CT molecular complexity index is 870. The highest BCUT2D eigenvalue weighted by Crippen LogP contribution is 2.69. The number of aliphatic hydroxyl groups excluding tert-OH is 1. The standard InChI is InChI=1S/C28H42N2O5S/c1-5-8-15-35-27(34)22-21-16-18(4)28(36-21)23(22)25(32)30(19(7-3)17-31)24(28)26(33)29(14-6-2)20-12-10-9-11-13-20/h5-6,18-24,31H,1-2,7-17H2,3-4H3/t18?,19-,21-,22+,23-,24?,28?/m0/s1. The van der Waals surface area contributed by atoms with E-state index in [1.54, 1.807) is 28.8 Å². The first-order valence-electron chi connectivity index (χ1n) is 13.7. The maximum atomic E-state index is 14.5. The summed E-state index contributed by atoms with van der Waals surface area (Å²) in [5, 5.41) is 10.2. The predicted octanol–water partition coefficient (Wildman–Crippen LogP) is 3.56. The third kappa shape index (κ3) is 4.32. The lowest BCUT2D eigenvalue weighted by Gasteiger charge is -2.44. The molecule has 2 bridgehead atoms. The van der Waals surface area contributed by atoms with Crippen LogP contribution in [0.15, 0.2) is 25.3 Å². The molecular formula is C28H42N2O5S. The van der Waals surface area contributed by atoms with Crippen molar-refractivity contribution in [2.75, 3.05) is 19.8 Å². The van der Waals surface area contributed by atoms with Gasteiger partial charge >= 0.3 is 5.97 Å². The first-order valence-corrected chi connectivity index (χ1v) is 14.5. The lowest BCUT2D eigenvalue weighted by atomic mass is 9.66. The third-order valence-corrected chi connectivity index (χ3v) is 11.0. The molecule has 1 aliphatic carbocycles. The Morgan fingerprint density at radius 3 is 2.61 bits per heavy atom. The molecule has 7 atom stereocenters. The molecule has 3 heterocycles. The topological polar surface area (TPSA) is 87.2 Å². The number of carbonyl (C=O) groups is 3. The zero-order chi connectivity index (χ0) is 26.0. The Morgan fingerprint density at radius 2 is 2.00 bits per heavy atom. The first-order chi connectivity index (χ1) is 17.4. The SMILES string of the molecule is C=CCCOC(=O)[C@@H]1[C@@H]2CC(C)C3(S2)C(C(=O)N(CC=C)C2CCCCC2)N([C@@H](CC)CO)C(=O)[C@H]13. The van der Waals surface area contributed by atoms with Gasteiger partial charge in [0, 0.05) is 17.8 Å². The molecule has 4 fully saturated rings. The first kappa shape index (κ1) is 27.2. The predicted molar refractivity (Wildman–Crippen MR) is 141 cm³/mol. The Balaban J connectivity index is 1.75. The Kier molecular flexibility index (Phi) is 8.55. The highest BCUT2D eigenvalue weighted by molar-refractivity contribution is 8.02. The molecule has 1 saturated carbocycles. The average Bonchev–Trinajstić information content (AvgIpc) is 3.48. The van der Waals surface area contributed by atoms with Crippen molar-refractivity contribution in [3.8, 4) is 0 Å². The van der Waals surface area contributed by atoms with Gasteiger partial charge in [-0.3, -0.25) is 14.4 Å². The number of amides is 2. The molecule has 4 aliphatic rings. The van der Waals surface area contributed by atoms with Crippen LogP contribution < -0.4 is 0 Å². The van der Waals surface area contributed by atoms with E-state index in [0.29, 0.717) is 19.4 Å². The van der Waals surface area contributed by atoms with E-state index in [-0.39, 0.29) is 48.2 Å². The number of thioether (sulfide) groups is 1. The summed E-state index contributed by atoms with van der Waals surface area (Å²) < 4.78 is 4.88. The van der Waals surface area contributed by atoms with Crippen molar-refractivity contribution in [3.05, 3.63) is 25.3 Å². The number of hydrogen-bond acceptors (Lipinski definition) is 6. The van der Waals surface area contributed by atoms with Crippen LogP contribution in [-0.2, 0) is 19.1 Å². The third-order valence-electron chi connectivity index (χ3n) is 8.96. The minimum absolute atomic E-state index is 0.0423. The number of rotatable bonds is 11. The molecule has 3 unspecified atom stereocenters. The number of likely N-dealkylation sites (tertiary alicyclic amines) is 1. The van der Waals surface area contributed by atoms with Gasteiger partial charge in [0.2, 0.25) is 11.8 Å². The second-order valence-corrected chi connectivity index (χ2v) is 12.4. The van der Waals surface area contributed by atoms with Gasteiger partial charge in [0.1, 0.15) is 6.04 Å². The number of aliphatic hydroxyl groups is 1. The normalized spacial score (nSPS) is 34.4. The van der Waals surface area contributed by atoms with Gasteiger partial charge in [-0.1, -0.05) is 45.3 Å². The zero-order valence-electron chi connectivity index (χ0n) is 21.8. The molecule has 0 aromatic heterocycles. The van der Waals surface area contributed by atoms with E-state index >= 15 is 0 Å². The molecule has 8 heteroatoms. The molecule has 1 N–H and O–H groups in total. The molecule has 7 nitrogen and oxygen atoms in total. The molecule has 2 amide bonds. The minimum atomic E-state index is -0.704. The lowest BCUT2D eigenvalue weighted by molar-refractivity contribution is -0.155. The second kappa shape index (κ2) is 11.3. The number of nitrogens with zero attached hydrogens (tertiary/aromatic N) is 2. The highest BCUT2D eigenvalue weighted by atomic mass is 32.2. The summed E-state index contributed by atoms with van der Waals surface area (Å²) in [6.07, 6.45) is 10.6. The van der Waals surface area contributed by atoms with Crippen LogP contribution in [0.5, 0.6) is 0 Å². The summed E-state index contributed by atoms with van der Waals surface area (Å²) >= 11 is 1.66.